The second-order valence-corrected chi connectivity index (χ2v) is 7.43. The molecular weight excluding hydrogens is 403 g/mol. The monoisotopic (exact) mass is 420 g/mol. The van der Waals surface area contributed by atoms with Crippen molar-refractivity contribution in [3.63, 3.8) is 0 Å². The number of benzene rings is 2. The molecule has 6 nitrogen and oxygen atoms in total. The minimum absolute atomic E-state index is 0.0538. The largest absolute Gasteiger partial charge is 0.455 e. The van der Waals surface area contributed by atoms with Crippen molar-refractivity contribution in [3.05, 3.63) is 58.1 Å². The van der Waals surface area contributed by atoms with Crippen molar-refractivity contribution < 1.29 is 19.1 Å². The topological polar surface area (TPSA) is 75.7 Å². The van der Waals surface area contributed by atoms with Crippen LogP contribution in [0.4, 0.5) is 11.4 Å². The summed E-state index contributed by atoms with van der Waals surface area (Å²) >= 11 is 11.8. The maximum Gasteiger partial charge on any atom is 0.311 e. The van der Waals surface area contributed by atoms with Crippen LogP contribution >= 0.6 is 23.2 Å². The van der Waals surface area contributed by atoms with Gasteiger partial charge >= 0.3 is 5.97 Å². The molecule has 3 rings (SSSR count). The van der Waals surface area contributed by atoms with Gasteiger partial charge in [-0.2, -0.15) is 0 Å². The molecule has 0 unspecified atom stereocenters. The van der Waals surface area contributed by atoms with Gasteiger partial charge in [0.25, 0.3) is 5.91 Å². The van der Waals surface area contributed by atoms with E-state index in [9.17, 15) is 14.4 Å². The zero-order chi connectivity index (χ0) is 20.3. The fourth-order valence-corrected chi connectivity index (χ4v) is 3.44. The number of carbonyl (C=O) groups excluding carboxylic acids is 3. The molecule has 0 saturated carbocycles. The fourth-order valence-electron chi connectivity index (χ4n) is 2.92. The molecule has 0 radical (unpaired) electrons. The summed E-state index contributed by atoms with van der Waals surface area (Å²) in [7, 11) is 0. The van der Waals surface area contributed by atoms with Gasteiger partial charge in [0.15, 0.2) is 6.61 Å². The molecule has 0 aromatic heterocycles. The van der Waals surface area contributed by atoms with E-state index in [0.29, 0.717) is 15.7 Å². The van der Waals surface area contributed by atoms with Crippen molar-refractivity contribution in [2.24, 2.45) is 5.92 Å². The highest BCUT2D eigenvalue weighted by Crippen LogP contribution is 2.26. The molecule has 1 saturated heterocycles. The molecule has 1 aliphatic heterocycles. The molecule has 0 aliphatic carbocycles. The van der Waals surface area contributed by atoms with Gasteiger partial charge in [-0.25, -0.2) is 0 Å². The molecule has 1 heterocycles. The molecule has 2 amide bonds. The Labute approximate surface area is 172 Å². The van der Waals surface area contributed by atoms with Crippen LogP contribution in [0.3, 0.4) is 0 Å². The summed E-state index contributed by atoms with van der Waals surface area (Å²) in [5.41, 5.74) is 2.22. The molecule has 1 aliphatic rings. The van der Waals surface area contributed by atoms with Crippen LogP contribution in [0, 0.1) is 12.8 Å². The van der Waals surface area contributed by atoms with Crippen LogP contribution in [0.2, 0.25) is 10.0 Å². The summed E-state index contributed by atoms with van der Waals surface area (Å²) in [6.45, 7) is 1.72. The number of nitrogens with one attached hydrogen (secondary N) is 1. The second kappa shape index (κ2) is 8.63. The molecule has 1 fully saturated rings. The number of halogens is 2. The average molecular weight is 421 g/mol. The molecule has 2 aromatic carbocycles. The first-order valence-electron chi connectivity index (χ1n) is 8.61. The minimum Gasteiger partial charge on any atom is -0.455 e. The molecule has 0 spiro atoms. The lowest BCUT2D eigenvalue weighted by Crippen LogP contribution is -2.28. The predicted molar refractivity (Wildman–Crippen MR) is 108 cm³/mol. The Morgan fingerprint density at radius 2 is 1.79 bits per heavy atom. The smallest absolute Gasteiger partial charge is 0.311 e. The number of amides is 2. The quantitative estimate of drug-likeness (QED) is 0.745. The highest BCUT2D eigenvalue weighted by atomic mass is 35.5. The predicted octanol–water partition coefficient (Wildman–Crippen LogP) is 3.84. The van der Waals surface area contributed by atoms with Crippen LogP contribution in [-0.2, 0) is 19.1 Å². The minimum atomic E-state index is -0.609. The normalized spacial score (nSPS) is 16.2. The van der Waals surface area contributed by atoms with Crippen molar-refractivity contribution in [3.8, 4) is 0 Å². The molecular formula is C20H18Cl2N2O4. The zero-order valence-corrected chi connectivity index (χ0v) is 16.6. The van der Waals surface area contributed by atoms with Crippen LogP contribution in [-0.4, -0.2) is 30.9 Å². The van der Waals surface area contributed by atoms with E-state index < -0.39 is 24.4 Å². The van der Waals surface area contributed by atoms with E-state index in [-0.39, 0.29) is 18.9 Å². The molecule has 2 aromatic rings. The Bertz CT molecular complexity index is 895. The lowest BCUT2D eigenvalue weighted by molar-refractivity contribution is -0.151. The molecule has 1 N–H and O–H groups in total. The SMILES string of the molecule is Cc1ccc(N2C[C@H](C(=O)OCC(=O)Nc3cc(Cl)cc(Cl)c3)CC2=O)cc1. The number of esters is 1. The number of hydrogen-bond acceptors (Lipinski definition) is 4. The molecule has 28 heavy (non-hydrogen) atoms. The van der Waals surface area contributed by atoms with Gasteiger partial charge in [0, 0.05) is 34.4 Å². The highest BCUT2D eigenvalue weighted by molar-refractivity contribution is 6.35. The summed E-state index contributed by atoms with van der Waals surface area (Å²) < 4.78 is 5.08. The standard InChI is InChI=1S/C20H18Cl2N2O4/c1-12-2-4-17(5-3-12)24-10-13(6-19(24)26)20(27)28-11-18(25)23-16-8-14(21)7-15(22)9-16/h2-5,7-9,13H,6,10-11H2,1H3,(H,23,25)/t13-/m1/s1. The fraction of sp³-hybridized carbons (Fsp3) is 0.250. The lowest BCUT2D eigenvalue weighted by atomic mass is 10.1. The third-order valence-corrected chi connectivity index (χ3v) is 4.73. The van der Waals surface area contributed by atoms with Crippen molar-refractivity contribution in [1.29, 1.82) is 0 Å². The second-order valence-electron chi connectivity index (χ2n) is 6.55. The third-order valence-electron chi connectivity index (χ3n) is 4.30. The Morgan fingerprint density at radius 1 is 1.14 bits per heavy atom. The zero-order valence-electron chi connectivity index (χ0n) is 15.1. The van der Waals surface area contributed by atoms with Crippen LogP contribution < -0.4 is 10.2 Å². The van der Waals surface area contributed by atoms with E-state index in [2.05, 4.69) is 5.32 Å². The van der Waals surface area contributed by atoms with E-state index in [1.165, 1.54) is 18.2 Å². The van der Waals surface area contributed by atoms with Gasteiger partial charge in [-0.1, -0.05) is 40.9 Å². The third kappa shape index (κ3) is 5.03. The maximum absolute atomic E-state index is 12.3. The van der Waals surface area contributed by atoms with Crippen LogP contribution in [0.5, 0.6) is 0 Å². The summed E-state index contributed by atoms with van der Waals surface area (Å²) in [5.74, 6) is -1.86. The van der Waals surface area contributed by atoms with E-state index in [0.717, 1.165) is 11.3 Å². The highest BCUT2D eigenvalue weighted by Gasteiger charge is 2.36. The van der Waals surface area contributed by atoms with Crippen molar-refractivity contribution in [2.45, 2.75) is 13.3 Å². The van der Waals surface area contributed by atoms with E-state index in [1.54, 1.807) is 4.90 Å². The van der Waals surface area contributed by atoms with Gasteiger partial charge in [-0.3, -0.25) is 14.4 Å². The molecule has 146 valence electrons. The van der Waals surface area contributed by atoms with E-state index in [4.69, 9.17) is 27.9 Å². The maximum atomic E-state index is 12.3. The summed E-state index contributed by atoms with van der Waals surface area (Å²) in [6.07, 6.45) is 0.0538. The van der Waals surface area contributed by atoms with Crippen molar-refractivity contribution >= 4 is 52.4 Å². The van der Waals surface area contributed by atoms with Crippen LogP contribution in [0.25, 0.3) is 0 Å². The first kappa shape index (κ1) is 20.2. The first-order chi connectivity index (χ1) is 13.3. The van der Waals surface area contributed by atoms with Crippen molar-refractivity contribution in [2.75, 3.05) is 23.4 Å². The van der Waals surface area contributed by atoms with Gasteiger partial charge in [-0.15, -0.1) is 0 Å². The number of hydrogen-bond donors (Lipinski definition) is 1. The summed E-state index contributed by atoms with van der Waals surface area (Å²) in [6, 6.07) is 12.1. The Kier molecular flexibility index (Phi) is 6.21. The summed E-state index contributed by atoms with van der Waals surface area (Å²) in [5, 5.41) is 3.31. The Morgan fingerprint density at radius 3 is 2.43 bits per heavy atom. The van der Waals surface area contributed by atoms with Gasteiger partial charge in [0.1, 0.15) is 0 Å². The number of carbonyl (C=O) groups is 3. The summed E-state index contributed by atoms with van der Waals surface area (Å²) in [4.78, 5) is 38.0. The molecule has 1 atom stereocenters. The average Bonchev–Trinajstić information content (AvgIpc) is 3.01. The van der Waals surface area contributed by atoms with E-state index >= 15 is 0 Å². The van der Waals surface area contributed by atoms with Gasteiger partial charge in [0.05, 0.1) is 5.92 Å². The van der Waals surface area contributed by atoms with E-state index in [1.807, 2.05) is 31.2 Å². The van der Waals surface area contributed by atoms with Crippen LogP contribution in [0.15, 0.2) is 42.5 Å². The number of anilines is 2. The van der Waals surface area contributed by atoms with Gasteiger partial charge in [0.2, 0.25) is 5.91 Å². The Hall–Kier alpha value is -2.57. The molecule has 0 bridgehead atoms. The van der Waals surface area contributed by atoms with Gasteiger partial charge in [-0.05, 0) is 37.3 Å². The van der Waals surface area contributed by atoms with Gasteiger partial charge < -0.3 is 15.0 Å². The number of nitrogens with zero attached hydrogens (tertiary/aromatic N) is 1. The number of rotatable bonds is 5. The van der Waals surface area contributed by atoms with Crippen LogP contribution in [0.1, 0.15) is 12.0 Å². The van der Waals surface area contributed by atoms with Crippen molar-refractivity contribution in [1.82, 2.24) is 0 Å². The Balaban J connectivity index is 1.53. The first-order valence-corrected chi connectivity index (χ1v) is 9.37. The number of ether oxygens (including phenoxy) is 1. The molecule has 8 heteroatoms. The number of aryl methyl sites for hydroxylation is 1. The lowest BCUT2D eigenvalue weighted by Gasteiger charge is -2.16.